The third-order valence-corrected chi connectivity index (χ3v) is 4.17. The van der Waals surface area contributed by atoms with Crippen molar-refractivity contribution in [2.24, 2.45) is 5.92 Å². The third kappa shape index (κ3) is 4.07. The van der Waals surface area contributed by atoms with E-state index in [-0.39, 0.29) is 12.1 Å². The number of carbonyl (C=O) groups excluding carboxylic acids is 1. The summed E-state index contributed by atoms with van der Waals surface area (Å²) in [6.07, 6.45) is 0. The molecule has 0 radical (unpaired) electrons. The summed E-state index contributed by atoms with van der Waals surface area (Å²) >= 11 is 1.66. The molecule has 0 aliphatic carbocycles. The predicted octanol–water partition coefficient (Wildman–Crippen LogP) is 3.58. The molecule has 0 bridgehead atoms. The van der Waals surface area contributed by atoms with Gasteiger partial charge in [-0.2, -0.15) is 0 Å². The third-order valence-electron chi connectivity index (χ3n) is 3.22. The summed E-state index contributed by atoms with van der Waals surface area (Å²) in [6.45, 7) is 6.47. The number of amides is 2. The van der Waals surface area contributed by atoms with Gasteiger partial charge in [-0.15, -0.1) is 11.3 Å². The van der Waals surface area contributed by atoms with E-state index in [1.54, 1.807) is 23.3 Å². The monoisotopic (exact) mass is 307 g/mol. The van der Waals surface area contributed by atoms with Crippen molar-refractivity contribution >= 4 is 17.4 Å². The van der Waals surface area contributed by atoms with Crippen LogP contribution in [0.25, 0.3) is 0 Å². The fourth-order valence-electron chi connectivity index (χ4n) is 2.09. The number of carbonyl (C=O) groups is 1. The number of aromatic nitrogens is 1. The van der Waals surface area contributed by atoms with Crippen molar-refractivity contribution in [2.45, 2.75) is 33.4 Å². The van der Waals surface area contributed by atoms with Gasteiger partial charge in [0.2, 0.25) is 0 Å². The van der Waals surface area contributed by atoms with Crippen molar-refractivity contribution in [3.8, 4) is 0 Å². The van der Waals surface area contributed by atoms with Crippen LogP contribution in [0, 0.1) is 12.8 Å². The molecule has 6 heteroatoms. The van der Waals surface area contributed by atoms with Gasteiger partial charge in [-0.05, 0) is 24.3 Å². The maximum Gasteiger partial charge on any atom is 0.318 e. The molecule has 0 spiro atoms. The number of thiophene rings is 1. The normalized spacial score (nSPS) is 12.4. The Labute approximate surface area is 128 Å². The molecule has 2 rings (SSSR count). The molecule has 2 aromatic heterocycles. The second-order valence-electron chi connectivity index (χ2n) is 5.47. The van der Waals surface area contributed by atoms with Crippen molar-refractivity contribution in [3.63, 3.8) is 0 Å². The Hall–Kier alpha value is -1.82. The van der Waals surface area contributed by atoms with Gasteiger partial charge < -0.3 is 14.7 Å². The van der Waals surface area contributed by atoms with Crippen molar-refractivity contribution in [3.05, 3.63) is 39.9 Å². The molecule has 0 aromatic carbocycles. The SMILES string of the molecule is Cc1cc(CN(C)C(=O)N[C@@H](c2cccs2)C(C)C)no1. The first-order valence-electron chi connectivity index (χ1n) is 6.94. The summed E-state index contributed by atoms with van der Waals surface area (Å²) in [5.41, 5.74) is 0.752. The summed E-state index contributed by atoms with van der Waals surface area (Å²) in [5, 5.41) is 9.02. The Morgan fingerprint density at radius 1 is 1.52 bits per heavy atom. The lowest BCUT2D eigenvalue weighted by molar-refractivity contribution is 0.198. The first-order chi connectivity index (χ1) is 9.97. The Balaban J connectivity index is 1.98. The largest absolute Gasteiger partial charge is 0.361 e. The van der Waals surface area contributed by atoms with Crippen molar-refractivity contribution in [1.82, 2.24) is 15.4 Å². The van der Waals surface area contributed by atoms with Crippen LogP contribution in [0.1, 0.15) is 36.2 Å². The van der Waals surface area contributed by atoms with Gasteiger partial charge in [-0.25, -0.2) is 4.79 Å². The Morgan fingerprint density at radius 3 is 2.81 bits per heavy atom. The highest BCUT2D eigenvalue weighted by Gasteiger charge is 2.21. The molecular weight excluding hydrogens is 286 g/mol. The molecule has 2 aromatic rings. The van der Waals surface area contributed by atoms with Gasteiger partial charge in [-0.3, -0.25) is 0 Å². The molecule has 0 aliphatic rings. The molecule has 0 saturated carbocycles. The predicted molar refractivity (Wildman–Crippen MR) is 83.1 cm³/mol. The molecular formula is C15H21N3O2S. The number of rotatable bonds is 5. The zero-order chi connectivity index (χ0) is 15.4. The van der Waals surface area contributed by atoms with Gasteiger partial charge >= 0.3 is 6.03 Å². The molecule has 0 unspecified atom stereocenters. The van der Waals surface area contributed by atoms with E-state index < -0.39 is 0 Å². The van der Waals surface area contributed by atoms with Gasteiger partial charge in [0.25, 0.3) is 0 Å². The summed E-state index contributed by atoms with van der Waals surface area (Å²) in [6, 6.07) is 5.81. The van der Waals surface area contributed by atoms with Crippen molar-refractivity contribution < 1.29 is 9.32 Å². The standard InChI is InChI=1S/C15H21N3O2S/c1-10(2)14(13-6-5-7-21-13)16-15(19)18(4)9-12-8-11(3)20-17-12/h5-8,10,14H,9H2,1-4H3,(H,16,19)/t14-/m1/s1. The lowest BCUT2D eigenvalue weighted by Gasteiger charge is -2.25. The van der Waals surface area contributed by atoms with Crippen LogP contribution in [0.2, 0.25) is 0 Å². The molecule has 1 atom stereocenters. The highest BCUT2D eigenvalue weighted by Crippen LogP contribution is 2.25. The molecule has 0 fully saturated rings. The second kappa shape index (κ2) is 6.76. The molecule has 1 N–H and O–H groups in total. The fraction of sp³-hybridized carbons (Fsp3) is 0.467. The molecule has 0 saturated heterocycles. The highest BCUT2D eigenvalue weighted by atomic mass is 32.1. The van der Waals surface area contributed by atoms with Crippen molar-refractivity contribution in [2.75, 3.05) is 7.05 Å². The van der Waals surface area contributed by atoms with Gasteiger partial charge in [0.1, 0.15) is 11.5 Å². The van der Waals surface area contributed by atoms with E-state index >= 15 is 0 Å². The van der Waals surface area contributed by atoms with E-state index in [0.717, 1.165) is 11.5 Å². The Kier molecular flexibility index (Phi) is 5.01. The molecule has 5 nitrogen and oxygen atoms in total. The molecule has 2 heterocycles. The quantitative estimate of drug-likeness (QED) is 0.918. The van der Waals surface area contributed by atoms with E-state index in [4.69, 9.17) is 4.52 Å². The number of hydrogen-bond donors (Lipinski definition) is 1. The number of hydrogen-bond acceptors (Lipinski definition) is 4. The van der Waals surface area contributed by atoms with Crippen molar-refractivity contribution in [1.29, 1.82) is 0 Å². The van der Waals surface area contributed by atoms with Gasteiger partial charge in [0, 0.05) is 18.0 Å². The van der Waals surface area contributed by atoms with Crippen LogP contribution in [-0.4, -0.2) is 23.1 Å². The first-order valence-corrected chi connectivity index (χ1v) is 7.82. The minimum absolute atomic E-state index is 0.0268. The maximum atomic E-state index is 12.3. The Morgan fingerprint density at radius 2 is 2.29 bits per heavy atom. The van der Waals surface area contributed by atoms with E-state index in [9.17, 15) is 4.79 Å². The van der Waals surface area contributed by atoms with Gasteiger partial charge in [0.05, 0.1) is 12.6 Å². The van der Waals surface area contributed by atoms with E-state index in [1.165, 1.54) is 4.88 Å². The minimum Gasteiger partial charge on any atom is -0.361 e. The molecule has 21 heavy (non-hydrogen) atoms. The van der Waals surface area contributed by atoms with Crippen LogP contribution in [0.5, 0.6) is 0 Å². The van der Waals surface area contributed by atoms with Crippen LogP contribution in [0.4, 0.5) is 4.79 Å². The van der Waals surface area contributed by atoms with E-state index in [0.29, 0.717) is 12.5 Å². The Bertz CT molecular complexity index is 578. The van der Waals surface area contributed by atoms with Gasteiger partial charge in [0.15, 0.2) is 0 Å². The summed E-state index contributed by atoms with van der Waals surface area (Å²) in [5.74, 6) is 1.08. The number of nitrogens with zero attached hydrogens (tertiary/aromatic N) is 2. The van der Waals surface area contributed by atoms with E-state index in [2.05, 4.69) is 30.4 Å². The number of aryl methyl sites for hydroxylation is 1. The van der Waals surface area contributed by atoms with E-state index in [1.807, 2.05) is 24.4 Å². The molecule has 114 valence electrons. The van der Waals surface area contributed by atoms with Crippen LogP contribution < -0.4 is 5.32 Å². The zero-order valence-corrected chi connectivity index (χ0v) is 13.6. The maximum absolute atomic E-state index is 12.3. The minimum atomic E-state index is -0.109. The average Bonchev–Trinajstić information content (AvgIpc) is 3.07. The topological polar surface area (TPSA) is 58.4 Å². The lowest BCUT2D eigenvalue weighted by Crippen LogP contribution is -2.40. The summed E-state index contributed by atoms with van der Waals surface area (Å²) in [4.78, 5) is 15.1. The summed E-state index contributed by atoms with van der Waals surface area (Å²) < 4.78 is 5.02. The van der Waals surface area contributed by atoms with Crippen LogP contribution in [0.15, 0.2) is 28.1 Å². The molecule has 2 amide bonds. The second-order valence-corrected chi connectivity index (χ2v) is 6.45. The highest BCUT2D eigenvalue weighted by molar-refractivity contribution is 7.10. The average molecular weight is 307 g/mol. The van der Waals surface area contributed by atoms with Crippen LogP contribution >= 0.6 is 11.3 Å². The summed E-state index contributed by atoms with van der Waals surface area (Å²) in [7, 11) is 1.76. The van der Waals surface area contributed by atoms with Gasteiger partial charge in [-0.1, -0.05) is 25.1 Å². The van der Waals surface area contributed by atoms with Crippen LogP contribution in [0.3, 0.4) is 0 Å². The fourth-order valence-corrected chi connectivity index (χ4v) is 3.03. The zero-order valence-electron chi connectivity index (χ0n) is 12.8. The number of nitrogens with one attached hydrogen (secondary N) is 1. The van der Waals surface area contributed by atoms with Crippen LogP contribution in [-0.2, 0) is 6.54 Å². The first kappa shape index (κ1) is 15.6. The smallest absolute Gasteiger partial charge is 0.318 e. The lowest BCUT2D eigenvalue weighted by atomic mass is 10.0. The molecule has 0 aliphatic heterocycles. The number of urea groups is 1.